The second-order valence-electron chi connectivity index (χ2n) is 4.46. The first-order chi connectivity index (χ1) is 9.66. The van der Waals surface area contributed by atoms with Gasteiger partial charge in [0.05, 0.1) is 4.90 Å². The molecule has 0 radical (unpaired) electrons. The highest BCUT2D eigenvalue weighted by Crippen LogP contribution is 2.33. The molecule has 102 valence electrons. The molecule has 2 aromatic heterocycles. The molecule has 0 aliphatic carbocycles. The molecule has 0 aliphatic heterocycles. The molecular formula is C14H13FN4S. The fourth-order valence-corrected chi connectivity index (χ4v) is 3.03. The van der Waals surface area contributed by atoms with Crippen molar-refractivity contribution in [2.75, 3.05) is 0 Å². The zero-order valence-electron chi connectivity index (χ0n) is 10.8. The quantitative estimate of drug-likeness (QED) is 0.805. The molecule has 0 saturated heterocycles. The molecule has 0 unspecified atom stereocenters. The van der Waals surface area contributed by atoms with Crippen molar-refractivity contribution in [1.29, 1.82) is 0 Å². The minimum Gasteiger partial charge on any atom is -0.324 e. The maximum atomic E-state index is 14.1. The van der Waals surface area contributed by atoms with E-state index in [1.807, 2.05) is 41.8 Å². The van der Waals surface area contributed by atoms with Gasteiger partial charge in [-0.25, -0.2) is 4.39 Å². The van der Waals surface area contributed by atoms with Gasteiger partial charge in [0.15, 0.2) is 5.65 Å². The summed E-state index contributed by atoms with van der Waals surface area (Å²) < 4.78 is 15.9. The molecule has 0 aliphatic rings. The van der Waals surface area contributed by atoms with Gasteiger partial charge in [-0.3, -0.25) is 4.40 Å². The minimum absolute atomic E-state index is 0.243. The van der Waals surface area contributed by atoms with Gasteiger partial charge in [-0.05, 0) is 42.4 Å². The van der Waals surface area contributed by atoms with E-state index in [4.69, 9.17) is 5.73 Å². The van der Waals surface area contributed by atoms with Crippen molar-refractivity contribution in [3.05, 3.63) is 54.0 Å². The number of nitrogens with zero attached hydrogens (tertiary/aromatic N) is 3. The van der Waals surface area contributed by atoms with E-state index in [0.29, 0.717) is 10.1 Å². The van der Waals surface area contributed by atoms with E-state index in [1.54, 1.807) is 6.07 Å². The van der Waals surface area contributed by atoms with Gasteiger partial charge in [0.1, 0.15) is 5.82 Å². The van der Waals surface area contributed by atoms with Crippen LogP contribution in [0.4, 0.5) is 4.39 Å². The monoisotopic (exact) mass is 288 g/mol. The van der Waals surface area contributed by atoms with Gasteiger partial charge >= 0.3 is 0 Å². The van der Waals surface area contributed by atoms with Gasteiger partial charge in [0.2, 0.25) is 5.16 Å². The van der Waals surface area contributed by atoms with Gasteiger partial charge in [-0.2, -0.15) is 0 Å². The first-order valence-corrected chi connectivity index (χ1v) is 7.00. The molecule has 2 heterocycles. The third kappa shape index (κ3) is 2.28. The molecule has 3 rings (SSSR count). The Labute approximate surface area is 119 Å². The number of benzene rings is 1. The largest absolute Gasteiger partial charge is 0.324 e. The Kier molecular flexibility index (Phi) is 3.42. The number of hydrogen-bond acceptors (Lipinski definition) is 4. The normalized spacial score (nSPS) is 12.8. The van der Waals surface area contributed by atoms with E-state index in [2.05, 4.69) is 10.2 Å². The van der Waals surface area contributed by atoms with Crippen LogP contribution in [0.15, 0.2) is 52.6 Å². The van der Waals surface area contributed by atoms with Crippen LogP contribution in [-0.4, -0.2) is 14.6 Å². The smallest absolute Gasteiger partial charge is 0.200 e. The lowest BCUT2D eigenvalue weighted by Gasteiger charge is -2.12. The van der Waals surface area contributed by atoms with Crippen LogP contribution in [0.3, 0.4) is 0 Å². The Morgan fingerprint density at radius 3 is 2.85 bits per heavy atom. The number of rotatable bonds is 3. The van der Waals surface area contributed by atoms with Gasteiger partial charge < -0.3 is 5.73 Å². The lowest BCUT2D eigenvalue weighted by molar-refractivity contribution is 0.591. The number of pyridine rings is 1. The second-order valence-corrected chi connectivity index (χ2v) is 5.44. The Balaban J connectivity index is 2.07. The molecule has 2 N–H and O–H groups in total. The Morgan fingerprint density at radius 2 is 2.05 bits per heavy atom. The van der Waals surface area contributed by atoms with Crippen LogP contribution in [0.25, 0.3) is 5.65 Å². The summed E-state index contributed by atoms with van der Waals surface area (Å²) in [6.45, 7) is 1.83. The standard InChI is InChI=1S/C14H13FN4S/c1-9(16)10-5-4-6-11(15)13(10)20-14-18-17-12-7-2-3-8-19(12)14/h2-9H,16H2,1H3/t9-/m1/s1. The third-order valence-corrected chi connectivity index (χ3v) is 4.06. The average Bonchev–Trinajstić information content (AvgIpc) is 2.84. The molecular weight excluding hydrogens is 275 g/mol. The van der Waals surface area contributed by atoms with E-state index >= 15 is 0 Å². The van der Waals surface area contributed by atoms with Gasteiger partial charge in [0.25, 0.3) is 0 Å². The fraction of sp³-hybridized carbons (Fsp3) is 0.143. The minimum atomic E-state index is -0.294. The van der Waals surface area contributed by atoms with Crippen molar-refractivity contribution in [1.82, 2.24) is 14.6 Å². The van der Waals surface area contributed by atoms with E-state index in [9.17, 15) is 4.39 Å². The third-order valence-electron chi connectivity index (χ3n) is 2.96. The number of hydrogen-bond donors (Lipinski definition) is 1. The van der Waals surface area contributed by atoms with E-state index in [-0.39, 0.29) is 11.9 Å². The molecule has 0 spiro atoms. The van der Waals surface area contributed by atoms with Gasteiger partial charge in [0, 0.05) is 12.2 Å². The molecule has 0 saturated carbocycles. The summed E-state index contributed by atoms with van der Waals surface area (Å²) in [5, 5.41) is 8.78. The van der Waals surface area contributed by atoms with Crippen molar-refractivity contribution in [3.8, 4) is 0 Å². The van der Waals surface area contributed by atoms with Crippen LogP contribution < -0.4 is 5.73 Å². The maximum Gasteiger partial charge on any atom is 0.200 e. The van der Waals surface area contributed by atoms with Crippen molar-refractivity contribution in [2.45, 2.75) is 23.0 Å². The molecule has 4 nitrogen and oxygen atoms in total. The van der Waals surface area contributed by atoms with E-state index in [0.717, 1.165) is 11.2 Å². The van der Waals surface area contributed by atoms with Crippen molar-refractivity contribution < 1.29 is 4.39 Å². The zero-order chi connectivity index (χ0) is 14.1. The summed E-state index contributed by atoms with van der Waals surface area (Å²) in [4.78, 5) is 0.501. The summed E-state index contributed by atoms with van der Waals surface area (Å²) >= 11 is 1.24. The molecule has 3 aromatic rings. The average molecular weight is 288 g/mol. The zero-order valence-corrected chi connectivity index (χ0v) is 11.6. The van der Waals surface area contributed by atoms with Crippen molar-refractivity contribution in [3.63, 3.8) is 0 Å². The highest BCUT2D eigenvalue weighted by atomic mass is 32.2. The second kappa shape index (κ2) is 5.22. The van der Waals surface area contributed by atoms with Crippen molar-refractivity contribution in [2.24, 2.45) is 5.73 Å². The van der Waals surface area contributed by atoms with Crippen LogP contribution in [-0.2, 0) is 0 Å². The predicted octanol–water partition coefficient (Wildman–Crippen LogP) is 3.04. The SMILES string of the molecule is C[C@@H](N)c1cccc(F)c1Sc1nnc2ccccn12. The number of fused-ring (bicyclic) bond motifs is 1. The number of nitrogens with two attached hydrogens (primary N) is 1. The molecule has 0 amide bonds. The van der Waals surface area contributed by atoms with Crippen LogP contribution >= 0.6 is 11.8 Å². The number of aromatic nitrogens is 3. The number of halogens is 1. The lowest BCUT2D eigenvalue weighted by Crippen LogP contribution is -2.07. The predicted molar refractivity (Wildman–Crippen MR) is 76.1 cm³/mol. The van der Waals surface area contributed by atoms with E-state index < -0.39 is 0 Å². The molecule has 1 aromatic carbocycles. The van der Waals surface area contributed by atoms with Gasteiger partial charge in [-0.1, -0.05) is 18.2 Å². The summed E-state index contributed by atoms with van der Waals surface area (Å²) in [7, 11) is 0. The van der Waals surface area contributed by atoms with Crippen LogP contribution in [0.2, 0.25) is 0 Å². The lowest BCUT2D eigenvalue weighted by atomic mass is 10.1. The molecule has 0 bridgehead atoms. The molecule has 1 atom stereocenters. The Morgan fingerprint density at radius 1 is 1.20 bits per heavy atom. The van der Waals surface area contributed by atoms with Crippen LogP contribution in [0, 0.1) is 5.82 Å². The summed E-state index contributed by atoms with van der Waals surface area (Å²) in [6.07, 6.45) is 1.85. The summed E-state index contributed by atoms with van der Waals surface area (Å²) in [5.41, 5.74) is 7.40. The van der Waals surface area contributed by atoms with Gasteiger partial charge in [-0.15, -0.1) is 10.2 Å². The maximum absolute atomic E-state index is 14.1. The topological polar surface area (TPSA) is 56.2 Å². The first kappa shape index (κ1) is 13.1. The Hall–Kier alpha value is -1.92. The molecule has 0 fully saturated rings. The summed E-state index contributed by atoms with van der Waals surface area (Å²) in [6, 6.07) is 10.3. The first-order valence-electron chi connectivity index (χ1n) is 6.18. The highest BCUT2D eigenvalue weighted by molar-refractivity contribution is 7.99. The van der Waals surface area contributed by atoms with Crippen LogP contribution in [0.5, 0.6) is 0 Å². The highest BCUT2D eigenvalue weighted by Gasteiger charge is 2.16. The Bertz CT molecular complexity index is 754. The summed E-state index contributed by atoms with van der Waals surface area (Å²) in [5.74, 6) is -0.294. The van der Waals surface area contributed by atoms with Crippen molar-refractivity contribution >= 4 is 17.4 Å². The molecule has 6 heteroatoms. The van der Waals surface area contributed by atoms with E-state index in [1.165, 1.54) is 17.8 Å². The molecule has 20 heavy (non-hydrogen) atoms. The van der Waals surface area contributed by atoms with Crippen LogP contribution in [0.1, 0.15) is 18.5 Å². The fourth-order valence-electron chi connectivity index (χ4n) is 1.97.